The van der Waals surface area contributed by atoms with Crippen LogP contribution in [-0.4, -0.2) is 28.9 Å². The van der Waals surface area contributed by atoms with Crippen LogP contribution in [0.1, 0.15) is 68.9 Å². The Morgan fingerprint density at radius 3 is 2.62 bits per heavy atom. The van der Waals surface area contributed by atoms with Gasteiger partial charge in [-0.2, -0.15) is 0 Å². The highest BCUT2D eigenvalue weighted by atomic mass is 32.1. The number of rotatable bonds is 5. The summed E-state index contributed by atoms with van der Waals surface area (Å²) in [6, 6.07) is 0. The van der Waals surface area contributed by atoms with E-state index in [2.05, 4.69) is 29.0 Å². The number of nitrogens with zero attached hydrogens (tertiary/aromatic N) is 2. The molecular formula is C19H31N3OS. The van der Waals surface area contributed by atoms with Gasteiger partial charge in [0.1, 0.15) is 0 Å². The van der Waals surface area contributed by atoms with E-state index in [1.807, 2.05) is 0 Å². The fourth-order valence-electron chi connectivity index (χ4n) is 3.88. The summed E-state index contributed by atoms with van der Waals surface area (Å²) in [6.45, 7) is 7.75. The first-order valence-corrected chi connectivity index (χ1v) is 10.4. The zero-order valence-corrected chi connectivity index (χ0v) is 16.0. The minimum Gasteiger partial charge on any atom is -0.302 e. The molecule has 2 aliphatic rings. The molecule has 1 saturated heterocycles. The highest BCUT2D eigenvalue weighted by Crippen LogP contribution is 2.29. The van der Waals surface area contributed by atoms with Gasteiger partial charge < -0.3 is 5.32 Å². The molecule has 1 aromatic rings. The van der Waals surface area contributed by atoms with Gasteiger partial charge in [0.2, 0.25) is 5.91 Å². The van der Waals surface area contributed by atoms with Gasteiger partial charge in [0, 0.05) is 17.8 Å². The molecular weight excluding hydrogens is 318 g/mol. The topological polar surface area (TPSA) is 45.2 Å². The summed E-state index contributed by atoms with van der Waals surface area (Å²) in [6.07, 6.45) is 9.58. The first-order chi connectivity index (χ1) is 11.6. The van der Waals surface area contributed by atoms with Gasteiger partial charge in [-0.25, -0.2) is 4.98 Å². The van der Waals surface area contributed by atoms with E-state index in [4.69, 9.17) is 0 Å². The third-order valence-electron chi connectivity index (χ3n) is 5.58. The number of aromatic nitrogens is 1. The van der Waals surface area contributed by atoms with Crippen LogP contribution in [0.5, 0.6) is 0 Å². The predicted molar refractivity (Wildman–Crippen MR) is 100 cm³/mol. The third-order valence-corrected chi connectivity index (χ3v) is 6.64. The van der Waals surface area contributed by atoms with Crippen molar-refractivity contribution in [2.45, 2.75) is 71.8 Å². The average molecular weight is 350 g/mol. The number of amides is 1. The second kappa shape index (κ2) is 8.43. The van der Waals surface area contributed by atoms with E-state index in [0.29, 0.717) is 12.3 Å². The van der Waals surface area contributed by atoms with Crippen LogP contribution in [0, 0.1) is 18.8 Å². The van der Waals surface area contributed by atoms with Crippen LogP contribution in [-0.2, 0) is 11.3 Å². The Labute approximate surface area is 150 Å². The summed E-state index contributed by atoms with van der Waals surface area (Å²) in [4.78, 5) is 20.7. The Morgan fingerprint density at radius 1 is 1.21 bits per heavy atom. The lowest BCUT2D eigenvalue weighted by molar-refractivity contribution is -0.117. The molecule has 3 rings (SSSR count). The number of hydrogen-bond acceptors (Lipinski definition) is 4. The van der Waals surface area contributed by atoms with E-state index >= 15 is 0 Å². The Hall–Kier alpha value is -0.940. The molecule has 134 valence electrons. The average Bonchev–Trinajstić information content (AvgIpc) is 2.89. The molecule has 2 heterocycles. The van der Waals surface area contributed by atoms with Crippen molar-refractivity contribution in [1.29, 1.82) is 0 Å². The van der Waals surface area contributed by atoms with Crippen molar-refractivity contribution in [2.24, 2.45) is 11.8 Å². The van der Waals surface area contributed by atoms with Crippen molar-refractivity contribution in [3.63, 3.8) is 0 Å². The van der Waals surface area contributed by atoms with Gasteiger partial charge in [0.25, 0.3) is 0 Å². The number of anilines is 1. The van der Waals surface area contributed by atoms with E-state index < -0.39 is 0 Å². The number of likely N-dealkylation sites (tertiary alicyclic amines) is 1. The molecule has 1 N–H and O–H groups in total. The highest BCUT2D eigenvalue weighted by molar-refractivity contribution is 7.15. The SMILES string of the molecule is Cc1nc(NC(=O)CC2CCCCC2)sc1CN1CCC(C)CC1. The van der Waals surface area contributed by atoms with Gasteiger partial charge in [-0.15, -0.1) is 11.3 Å². The van der Waals surface area contributed by atoms with Gasteiger partial charge in [0.05, 0.1) is 5.69 Å². The number of carbonyl (C=O) groups excluding carboxylic acids is 1. The molecule has 1 amide bonds. The molecule has 0 unspecified atom stereocenters. The fraction of sp³-hybridized carbons (Fsp3) is 0.789. The zero-order chi connectivity index (χ0) is 16.9. The summed E-state index contributed by atoms with van der Waals surface area (Å²) < 4.78 is 0. The summed E-state index contributed by atoms with van der Waals surface area (Å²) in [5.41, 5.74) is 1.08. The molecule has 24 heavy (non-hydrogen) atoms. The van der Waals surface area contributed by atoms with Crippen LogP contribution >= 0.6 is 11.3 Å². The first-order valence-electron chi connectivity index (χ1n) is 9.58. The largest absolute Gasteiger partial charge is 0.302 e. The summed E-state index contributed by atoms with van der Waals surface area (Å²) in [5, 5.41) is 3.83. The van der Waals surface area contributed by atoms with Crippen molar-refractivity contribution in [3.8, 4) is 0 Å². The molecule has 2 fully saturated rings. The van der Waals surface area contributed by atoms with Crippen molar-refractivity contribution >= 4 is 22.4 Å². The maximum absolute atomic E-state index is 12.3. The van der Waals surface area contributed by atoms with E-state index in [-0.39, 0.29) is 5.91 Å². The van der Waals surface area contributed by atoms with Crippen molar-refractivity contribution in [1.82, 2.24) is 9.88 Å². The molecule has 0 radical (unpaired) electrons. The summed E-state index contributed by atoms with van der Waals surface area (Å²) in [7, 11) is 0. The molecule has 1 aromatic heterocycles. The van der Waals surface area contributed by atoms with Crippen LogP contribution in [0.25, 0.3) is 0 Å². The molecule has 0 bridgehead atoms. The van der Waals surface area contributed by atoms with Crippen LogP contribution < -0.4 is 5.32 Å². The number of carbonyl (C=O) groups is 1. The maximum Gasteiger partial charge on any atom is 0.226 e. The summed E-state index contributed by atoms with van der Waals surface area (Å²) >= 11 is 1.66. The van der Waals surface area contributed by atoms with Gasteiger partial charge in [-0.1, -0.05) is 26.2 Å². The number of hydrogen-bond donors (Lipinski definition) is 1. The molecule has 1 aliphatic heterocycles. The minimum absolute atomic E-state index is 0.147. The predicted octanol–water partition coefficient (Wildman–Crippen LogP) is 4.59. The molecule has 1 aliphatic carbocycles. The monoisotopic (exact) mass is 349 g/mol. The lowest BCUT2D eigenvalue weighted by Crippen LogP contribution is -2.32. The molecule has 1 saturated carbocycles. The lowest BCUT2D eigenvalue weighted by atomic mass is 9.87. The number of piperidine rings is 1. The van der Waals surface area contributed by atoms with Crippen molar-refractivity contribution in [2.75, 3.05) is 18.4 Å². The maximum atomic E-state index is 12.3. The second-order valence-electron chi connectivity index (χ2n) is 7.74. The van der Waals surface area contributed by atoms with E-state index in [1.54, 1.807) is 11.3 Å². The lowest BCUT2D eigenvalue weighted by Gasteiger charge is -2.29. The fourth-order valence-corrected chi connectivity index (χ4v) is 4.90. The first kappa shape index (κ1) is 17.9. The number of thiazole rings is 1. The molecule has 0 atom stereocenters. The number of aryl methyl sites for hydroxylation is 1. The third kappa shape index (κ3) is 5.03. The van der Waals surface area contributed by atoms with Crippen LogP contribution in [0.4, 0.5) is 5.13 Å². The second-order valence-corrected chi connectivity index (χ2v) is 8.83. The smallest absolute Gasteiger partial charge is 0.226 e. The van der Waals surface area contributed by atoms with Crippen LogP contribution in [0.15, 0.2) is 0 Å². The Morgan fingerprint density at radius 2 is 1.92 bits per heavy atom. The number of nitrogens with one attached hydrogen (secondary N) is 1. The Bertz CT molecular complexity index is 543. The molecule has 0 aromatic carbocycles. The van der Waals surface area contributed by atoms with Crippen molar-refractivity contribution < 1.29 is 4.79 Å². The van der Waals surface area contributed by atoms with E-state index in [1.165, 1.54) is 62.9 Å². The van der Waals surface area contributed by atoms with E-state index in [0.717, 1.165) is 23.3 Å². The zero-order valence-electron chi connectivity index (χ0n) is 15.1. The van der Waals surface area contributed by atoms with Crippen molar-refractivity contribution in [3.05, 3.63) is 10.6 Å². The molecule has 0 spiro atoms. The Balaban J connectivity index is 1.50. The van der Waals surface area contributed by atoms with E-state index in [9.17, 15) is 4.79 Å². The Kier molecular flexibility index (Phi) is 6.28. The van der Waals surface area contributed by atoms with Gasteiger partial charge >= 0.3 is 0 Å². The highest BCUT2D eigenvalue weighted by Gasteiger charge is 2.20. The van der Waals surface area contributed by atoms with Crippen LogP contribution in [0.2, 0.25) is 0 Å². The summed E-state index contributed by atoms with van der Waals surface area (Å²) in [5.74, 6) is 1.59. The van der Waals surface area contributed by atoms with Gasteiger partial charge in [-0.3, -0.25) is 9.69 Å². The standard InChI is InChI=1S/C19H31N3OS/c1-14-8-10-22(11-9-14)13-17-15(2)20-19(24-17)21-18(23)12-16-6-4-3-5-7-16/h14,16H,3-13H2,1-2H3,(H,20,21,23). The van der Waals surface area contributed by atoms with Gasteiger partial charge in [-0.05, 0) is 57.5 Å². The van der Waals surface area contributed by atoms with Gasteiger partial charge in [0.15, 0.2) is 5.13 Å². The quantitative estimate of drug-likeness (QED) is 0.845. The van der Waals surface area contributed by atoms with Crippen LogP contribution in [0.3, 0.4) is 0 Å². The molecule has 4 nitrogen and oxygen atoms in total. The molecule has 5 heteroatoms. The normalized spacial score (nSPS) is 21.1. The minimum atomic E-state index is 0.147.